The van der Waals surface area contributed by atoms with Gasteiger partial charge < -0.3 is 28.7 Å². The predicted molar refractivity (Wildman–Crippen MR) is 155 cm³/mol. The molecule has 3 aromatic rings. The smallest absolute Gasteiger partial charge is 0.294 e. The molecule has 5 rings (SSSR count). The molecule has 0 saturated carbocycles. The van der Waals surface area contributed by atoms with Crippen LogP contribution >= 0.6 is 0 Å². The van der Waals surface area contributed by atoms with E-state index in [0.717, 1.165) is 62.0 Å². The van der Waals surface area contributed by atoms with Gasteiger partial charge in [-0.25, -0.2) is 0 Å². The fourth-order valence-corrected chi connectivity index (χ4v) is 5.43. The van der Waals surface area contributed by atoms with Gasteiger partial charge in [0.25, 0.3) is 16.0 Å². The van der Waals surface area contributed by atoms with E-state index in [2.05, 4.69) is 23.9 Å². The molecule has 2 saturated heterocycles. The average molecular weight is 591 g/mol. The molecular weight excluding hydrogens is 548 g/mol. The number of hydrogen-bond donors (Lipinski definition) is 2. The lowest BCUT2D eigenvalue weighted by Crippen LogP contribution is -2.49. The molecule has 41 heavy (non-hydrogen) atoms. The molecule has 0 amide bonds. The molecule has 2 aliphatic heterocycles. The largest absolute Gasteiger partial charge is 0.492 e. The minimum Gasteiger partial charge on any atom is -0.492 e. The number of nitrogens with zero attached hydrogens (tertiary/aromatic N) is 2. The molecule has 226 valence electrons. The van der Waals surface area contributed by atoms with Crippen LogP contribution in [0.2, 0.25) is 0 Å². The monoisotopic (exact) mass is 590 g/mol. The highest BCUT2D eigenvalue weighted by Gasteiger charge is 2.33. The van der Waals surface area contributed by atoms with Crippen molar-refractivity contribution in [2.75, 3.05) is 46.1 Å². The second-order valence-corrected chi connectivity index (χ2v) is 12.9. The van der Waals surface area contributed by atoms with Crippen molar-refractivity contribution in [1.29, 1.82) is 0 Å². The van der Waals surface area contributed by atoms with Crippen LogP contribution in [0.3, 0.4) is 0 Å². The second-order valence-electron chi connectivity index (χ2n) is 11.5. The summed E-state index contributed by atoms with van der Waals surface area (Å²) in [6.07, 6.45) is 3.57. The Bertz CT molecular complexity index is 1340. The number of aliphatic hydroxyl groups is 1. The third kappa shape index (κ3) is 9.14. The maximum absolute atomic E-state index is 10.7. The van der Waals surface area contributed by atoms with Gasteiger partial charge in [0.05, 0.1) is 23.7 Å². The number of likely N-dealkylation sites (tertiary alicyclic amines) is 1. The first kappa shape index (κ1) is 31.2. The number of fused-ring (bicyclic) bond motifs is 1. The van der Waals surface area contributed by atoms with Crippen molar-refractivity contribution in [1.82, 2.24) is 10.1 Å². The number of aryl methyl sites for hydroxylation is 1. The summed E-state index contributed by atoms with van der Waals surface area (Å²) >= 11 is 0. The Morgan fingerprint density at radius 3 is 2.39 bits per heavy atom. The van der Waals surface area contributed by atoms with Gasteiger partial charge >= 0.3 is 0 Å². The number of rotatable bonds is 9. The number of ether oxygens (including phenoxy) is 3. The molecular formula is C30H42N2O8S. The van der Waals surface area contributed by atoms with Crippen LogP contribution in [0, 0.1) is 18.8 Å². The topological polar surface area (TPSA) is 132 Å². The van der Waals surface area contributed by atoms with Crippen LogP contribution in [0.15, 0.2) is 51.9 Å². The van der Waals surface area contributed by atoms with Crippen LogP contribution in [-0.2, 0) is 14.9 Å². The minimum atomic E-state index is -4.02. The van der Waals surface area contributed by atoms with Gasteiger partial charge in [-0.2, -0.15) is 8.42 Å². The maximum atomic E-state index is 10.7. The second kappa shape index (κ2) is 14.0. The van der Waals surface area contributed by atoms with Gasteiger partial charge in [0.15, 0.2) is 5.58 Å². The van der Waals surface area contributed by atoms with E-state index in [9.17, 15) is 13.5 Å². The van der Waals surface area contributed by atoms with E-state index in [1.165, 1.54) is 12.1 Å². The van der Waals surface area contributed by atoms with Crippen molar-refractivity contribution in [3.8, 4) is 11.6 Å². The Balaban J connectivity index is 0.000000296. The Morgan fingerprint density at radius 2 is 1.76 bits per heavy atom. The van der Waals surface area contributed by atoms with Crippen molar-refractivity contribution in [3.63, 3.8) is 0 Å². The normalized spacial score (nSPS) is 18.2. The third-order valence-corrected chi connectivity index (χ3v) is 8.29. The Kier molecular flexibility index (Phi) is 10.6. The number of benzene rings is 2. The van der Waals surface area contributed by atoms with Gasteiger partial charge in [-0.3, -0.25) is 4.55 Å². The standard InChI is InChI=1S/C23H34N2O5.C7H8O3S/c1-17(2)14-28-19-4-3-5-20-21(19)22(24-30-20)29-15-18-6-10-25(11-7-18)16-23(26)8-12-27-13-9-23;1-6-2-4-7(5-3-6)11(8,9)10/h3-5,17-18,26H,6-16H2,1-2H3;2-5H,1H3,(H,8,9,10). The van der Waals surface area contributed by atoms with E-state index in [0.29, 0.717) is 49.7 Å². The van der Waals surface area contributed by atoms with Crippen molar-refractivity contribution < 1.29 is 36.8 Å². The van der Waals surface area contributed by atoms with Crippen LogP contribution in [0.5, 0.6) is 11.6 Å². The molecule has 0 spiro atoms. The van der Waals surface area contributed by atoms with E-state index >= 15 is 0 Å². The lowest BCUT2D eigenvalue weighted by atomic mass is 9.91. The molecule has 0 unspecified atom stereocenters. The SMILES string of the molecule is CC(C)COc1cccc2onc(OCC3CCN(CC4(O)CCOCC4)CC3)c12.Cc1ccc(S(=O)(=O)O)cc1. The first-order valence-electron chi connectivity index (χ1n) is 14.2. The molecule has 0 bridgehead atoms. The summed E-state index contributed by atoms with van der Waals surface area (Å²) in [6.45, 7) is 11.4. The Hall–Kier alpha value is -2.70. The first-order chi connectivity index (χ1) is 19.5. The minimum absolute atomic E-state index is 0.0666. The van der Waals surface area contributed by atoms with Gasteiger partial charge in [-0.05, 0) is 74.1 Å². The van der Waals surface area contributed by atoms with E-state index in [1.54, 1.807) is 12.1 Å². The van der Waals surface area contributed by atoms with Gasteiger partial charge in [0.2, 0.25) is 0 Å². The number of β-amino-alcohol motifs (C(OH)–C–C–N with tert-alkyl or cyclic N) is 1. The molecule has 1 aromatic heterocycles. The molecule has 0 atom stereocenters. The zero-order valence-electron chi connectivity index (χ0n) is 24.1. The summed E-state index contributed by atoms with van der Waals surface area (Å²) in [5.41, 5.74) is 1.05. The molecule has 2 aromatic carbocycles. The molecule has 2 N–H and O–H groups in total. The van der Waals surface area contributed by atoms with Gasteiger partial charge in [0, 0.05) is 32.6 Å². The molecule has 2 aliphatic rings. The van der Waals surface area contributed by atoms with Crippen LogP contribution in [0.1, 0.15) is 45.1 Å². The predicted octanol–water partition coefficient (Wildman–Crippen LogP) is 4.74. The average Bonchev–Trinajstić information content (AvgIpc) is 3.35. The van der Waals surface area contributed by atoms with Crippen LogP contribution in [-0.4, -0.2) is 79.8 Å². The lowest BCUT2D eigenvalue weighted by molar-refractivity contribution is -0.0834. The molecule has 11 heteroatoms. The van der Waals surface area contributed by atoms with Gasteiger partial charge in [-0.1, -0.05) is 37.6 Å². The highest BCUT2D eigenvalue weighted by molar-refractivity contribution is 7.85. The third-order valence-electron chi connectivity index (χ3n) is 7.42. The van der Waals surface area contributed by atoms with E-state index in [1.807, 2.05) is 25.1 Å². The summed E-state index contributed by atoms with van der Waals surface area (Å²) in [7, 11) is -4.02. The van der Waals surface area contributed by atoms with E-state index < -0.39 is 15.7 Å². The molecule has 0 radical (unpaired) electrons. The van der Waals surface area contributed by atoms with Crippen LogP contribution in [0.4, 0.5) is 0 Å². The van der Waals surface area contributed by atoms with Crippen molar-refractivity contribution in [2.45, 2.75) is 57.0 Å². The fraction of sp³-hybridized carbons (Fsp3) is 0.567. The van der Waals surface area contributed by atoms with Crippen molar-refractivity contribution >= 4 is 21.1 Å². The number of hydrogen-bond acceptors (Lipinski definition) is 9. The van der Waals surface area contributed by atoms with Crippen LogP contribution < -0.4 is 9.47 Å². The lowest BCUT2D eigenvalue weighted by Gasteiger charge is -2.39. The molecule has 2 fully saturated rings. The van der Waals surface area contributed by atoms with Crippen molar-refractivity contribution in [2.24, 2.45) is 11.8 Å². The van der Waals surface area contributed by atoms with Gasteiger partial charge in [-0.15, -0.1) is 0 Å². The summed E-state index contributed by atoms with van der Waals surface area (Å²) in [6, 6.07) is 11.7. The summed E-state index contributed by atoms with van der Waals surface area (Å²) < 4.78 is 52.4. The quantitative estimate of drug-likeness (QED) is 0.337. The maximum Gasteiger partial charge on any atom is 0.294 e. The summed E-state index contributed by atoms with van der Waals surface area (Å²) in [5, 5.41) is 15.7. The highest BCUT2D eigenvalue weighted by atomic mass is 32.2. The molecule has 0 aliphatic carbocycles. The van der Waals surface area contributed by atoms with E-state index in [4.69, 9.17) is 23.3 Å². The van der Waals surface area contributed by atoms with Crippen molar-refractivity contribution in [3.05, 3.63) is 48.0 Å². The van der Waals surface area contributed by atoms with Gasteiger partial charge in [0.1, 0.15) is 11.1 Å². The Labute approximate surface area is 242 Å². The number of piperidine rings is 1. The highest BCUT2D eigenvalue weighted by Crippen LogP contribution is 2.34. The van der Waals surface area contributed by atoms with Crippen LogP contribution in [0.25, 0.3) is 11.0 Å². The molecule has 3 heterocycles. The number of aromatic nitrogens is 1. The summed E-state index contributed by atoms with van der Waals surface area (Å²) in [5.74, 6) is 2.19. The zero-order valence-corrected chi connectivity index (χ0v) is 24.9. The summed E-state index contributed by atoms with van der Waals surface area (Å²) in [4.78, 5) is 2.31. The fourth-order valence-electron chi connectivity index (χ4n) is 4.95. The van der Waals surface area contributed by atoms with E-state index in [-0.39, 0.29) is 4.90 Å². The first-order valence-corrected chi connectivity index (χ1v) is 15.7. The molecule has 10 nitrogen and oxygen atoms in total. The Morgan fingerprint density at radius 1 is 1.07 bits per heavy atom. The zero-order chi connectivity index (χ0) is 29.5.